The van der Waals surface area contributed by atoms with Gasteiger partial charge in [-0.2, -0.15) is 0 Å². The molecule has 8 heteroatoms. The third kappa shape index (κ3) is 10.2. The highest BCUT2D eigenvalue weighted by molar-refractivity contribution is 9.10. The number of para-hydroxylation sites is 4. The van der Waals surface area contributed by atoms with Gasteiger partial charge in [0, 0.05) is 36.8 Å². The van der Waals surface area contributed by atoms with Gasteiger partial charge in [0.15, 0.2) is 0 Å². The average Bonchev–Trinajstić information content (AvgIpc) is 1.45. The molecule has 3 aliphatic rings. The van der Waals surface area contributed by atoms with Crippen LogP contribution in [-0.4, -0.2) is 37.1 Å². The molecular weight excluding hydrogens is 1400 g/mol. The van der Waals surface area contributed by atoms with Crippen molar-refractivity contribution in [1.82, 2.24) is 18.8 Å². The minimum Gasteiger partial charge on any atom is -0.399 e. The van der Waals surface area contributed by atoms with E-state index in [4.69, 9.17) is 19.3 Å². The third-order valence-corrected chi connectivity index (χ3v) is 25.3. The largest absolute Gasteiger partial charge is 0.494 e. The predicted molar refractivity (Wildman–Crippen MR) is 467 cm³/mol. The first-order valence-corrected chi connectivity index (χ1v) is 39.1. The Hall–Kier alpha value is -12.0. The third-order valence-electron chi connectivity index (χ3n) is 24.8. The first-order valence-electron chi connectivity index (χ1n) is 38.3. The summed E-state index contributed by atoms with van der Waals surface area (Å²) in [6.07, 6.45) is 0. The van der Waals surface area contributed by atoms with Gasteiger partial charge >= 0.3 is 7.12 Å². The van der Waals surface area contributed by atoms with E-state index in [1.165, 1.54) is 159 Å². The Morgan fingerprint density at radius 1 is 0.282 bits per heavy atom. The second-order valence-electron chi connectivity index (χ2n) is 32.4. The molecule has 20 aromatic rings. The SMILES string of the molecule is CC1(C)OB(c2ccc3c4ccc5ccccc5c4c4nc5ccccc5n4c3c2)OC1(C)C.CC1(C)c2ccccc2-c2ccc(-c3ccc4cc(-c5ccc6c7ccc8ccccc8c7c7nc8ccccc8n7c6c5)ccc4c3)cc21.CC1(C)c2ccccc2-c2ccc(-c3ccc4cc(Br)ccc4c3)cc21. The van der Waals surface area contributed by atoms with Gasteiger partial charge < -0.3 is 9.31 Å². The smallest absolute Gasteiger partial charge is 0.399 e. The maximum absolute atomic E-state index is 6.38. The first kappa shape index (κ1) is 66.2. The van der Waals surface area contributed by atoms with E-state index in [9.17, 15) is 0 Å². The topological polar surface area (TPSA) is 53.1 Å². The van der Waals surface area contributed by atoms with Gasteiger partial charge in [-0.05, 0) is 244 Å². The van der Waals surface area contributed by atoms with Crippen molar-refractivity contribution in [3.63, 3.8) is 0 Å². The second-order valence-corrected chi connectivity index (χ2v) is 33.3. The molecule has 526 valence electrons. The van der Waals surface area contributed by atoms with E-state index in [1.807, 2.05) is 6.07 Å². The van der Waals surface area contributed by atoms with E-state index in [2.05, 4.69) is 390 Å². The van der Waals surface area contributed by atoms with Crippen LogP contribution >= 0.6 is 15.9 Å². The Balaban J connectivity index is 0.000000111. The Kier molecular flexibility index (Phi) is 14.7. The van der Waals surface area contributed by atoms with E-state index in [1.54, 1.807) is 0 Å². The number of rotatable bonds is 4. The van der Waals surface area contributed by atoms with Crippen LogP contribution in [0.4, 0.5) is 0 Å². The maximum atomic E-state index is 6.38. The number of hydrogen-bond donors (Lipinski definition) is 0. The lowest BCUT2D eigenvalue weighted by Crippen LogP contribution is -2.41. The number of nitrogens with zero attached hydrogens (tertiary/aromatic N) is 4. The van der Waals surface area contributed by atoms with Crippen LogP contribution in [0.15, 0.2) is 320 Å². The fourth-order valence-corrected chi connectivity index (χ4v) is 18.7. The molecule has 110 heavy (non-hydrogen) atoms. The molecule has 0 radical (unpaired) electrons. The van der Waals surface area contributed by atoms with Crippen molar-refractivity contribution in [3.05, 3.63) is 342 Å². The highest BCUT2D eigenvalue weighted by Gasteiger charge is 2.52. The van der Waals surface area contributed by atoms with E-state index in [-0.39, 0.29) is 22.0 Å². The van der Waals surface area contributed by atoms with Gasteiger partial charge in [-0.3, -0.25) is 8.80 Å². The standard InChI is InChI=1S/C48H32N2.C29H25BN2O2.C25H19Br/c1-48(2)41-12-6-5-11-37(41)38-22-20-34(27-42(38)48)32-17-15-31-26-33(18-16-30(31)25-32)35-21-23-39-40-24-19-29-9-3-4-10-36(29)46(40)47-49-43-13-7-8-14-44(43)50(47)45(39)28-35;1-28(2)29(3,4)34-30(33-28)19-14-16-21-22-15-13-18-9-5-6-10-20(18)26(22)27-31-23-11-7-8-12-24(23)32(27)25(21)17-19;1-25(2)23-6-4-3-5-21(23)22-12-10-19(15-24(22)25)16-7-8-18-14-20(26)11-9-17(18)13-16/h3-28H,1-2H3;5-17H,1-4H3;3-15H,1-2H3. The molecule has 23 rings (SSSR count). The Bertz CT molecular complexity index is 7330. The molecule has 5 heterocycles. The minimum atomic E-state index is -0.411. The van der Waals surface area contributed by atoms with Crippen LogP contribution < -0.4 is 5.46 Å². The summed E-state index contributed by atoms with van der Waals surface area (Å²) in [6, 6.07) is 115. The van der Waals surface area contributed by atoms with Crippen LogP contribution in [0, 0.1) is 0 Å². The monoisotopic (exact) mass is 1480 g/mol. The zero-order chi connectivity index (χ0) is 74.3. The predicted octanol–water partition coefficient (Wildman–Crippen LogP) is 26.6. The number of benzene rings is 16. The minimum absolute atomic E-state index is 0.0117. The summed E-state index contributed by atoms with van der Waals surface area (Å²) in [5.74, 6) is 0. The number of pyridine rings is 2. The van der Waals surface area contributed by atoms with Gasteiger partial charge in [-0.25, -0.2) is 9.97 Å². The van der Waals surface area contributed by atoms with Crippen molar-refractivity contribution in [3.8, 4) is 55.6 Å². The van der Waals surface area contributed by atoms with Gasteiger partial charge in [0.05, 0.1) is 44.3 Å². The highest BCUT2D eigenvalue weighted by Crippen LogP contribution is 2.52. The molecule has 1 aliphatic heterocycles. The number of imidazole rings is 2. The molecule has 1 saturated heterocycles. The Morgan fingerprint density at radius 2 is 0.645 bits per heavy atom. The molecule has 1 fully saturated rings. The van der Waals surface area contributed by atoms with Crippen molar-refractivity contribution < 1.29 is 9.31 Å². The Labute approximate surface area is 647 Å². The van der Waals surface area contributed by atoms with E-state index in [0.29, 0.717) is 0 Å². The molecule has 2 aliphatic carbocycles. The van der Waals surface area contributed by atoms with Crippen LogP contribution in [0.5, 0.6) is 0 Å². The van der Waals surface area contributed by atoms with Crippen molar-refractivity contribution >= 4 is 148 Å². The fourth-order valence-electron chi connectivity index (χ4n) is 18.3. The maximum Gasteiger partial charge on any atom is 0.494 e. The van der Waals surface area contributed by atoms with Crippen LogP contribution in [0.25, 0.3) is 175 Å². The van der Waals surface area contributed by atoms with E-state index in [0.717, 1.165) is 48.8 Å². The van der Waals surface area contributed by atoms with E-state index >= 15 is 0 Å². The second kappa shape index (κ2) is 24.5. The quantitative estimate of drug-likeness (QED) is 0.130. The highest BCUT2D eigenvalue weighted by atomic mass is 79.9. The molecule has 16 aromatic carbocycles. The molecule has 0 bridgehead atoms. The van der Waals surface area contributed by atoms with Gasteiger partial charge in [0.2, 0.25) is 0 Å². The Morgan fingerprint density at radius 3 is 1.15 bits per heavy atom. The summed E-state index contributed by atoms with van der Waals surface area (Å²) in [4.78, 5) is 10.3. The molecule has 0 N–H and O–H groups in total. The van der Waals surface area contributed by atoms with Gasteiger partial charge in [-0.1, -0.05) is 280 Å². The van der Waals surface area contributed by atoms with Crippen LogP contribution in [-0.2, 0) is 20.1 Å². The molecule has 4 aromatic heterocycles. The number of aromatic nitrogens is 4. The van der Waals surface area contributed by atoms with Crippen LogP contribution in [0.3, 0.4) is 0 Å². The molecule has 0 saturated carbocycles. The van der Waals surface area contributed by atoms with Gasteiger partial charge in [0.25, 0.3) is 0 Å². The lowest BCUT2D eigenvalue weighted by Gasteiger charge is -2.32. The van der Waals surface area contributed by atoms with Crippen molar-refractivity contribution in [2.45, 2.75) is 77.4 Å². The summed E-state index contributed by atoms with van der Waals surface area (Å²) in [5.41, 5.74) is 27.4. The molecule has 0 unspecified atom stereocenters. The van der Waals surface area contributed by atoms with Gasteiger partial charge in [0.1, 0.15) is 11.3 Å². The van der Waals surface area contributed by atoms with Crippen LogP contribution in [0.2, 0.25) is 0 Å². The first-order chi connectivity index (χ1) is 53.4. The molecule has 0 amide bonds. The lowest BCUT2D eigenvalue weighted by atomic mass is 9.78. The molecule has 0 atom stereocenters. The molecule has 6 nitrogen and oxygen atoms in total. The van der Waals surface area contributed by atoms with Crippen LogP contribution in [0.1, 0.15) is 77.6 Å². The summed E-state index contributed by atoms with van der Waals surface area (Å²) >= 11 is 3.56. The van der Waals surface area contributed by atoms with E-state index < -0.39 is 7.12 Å². The summed E-state index contributed by atoms with van der Waals surface area (Å²) < 4.78 is 18.5. The van der Waals surface area contributed by atoms with Gasteiger partial charge in [-0.15, -0.1) is 0 Å². The van der Waals surface area contributed by atoms with Crippen molar-refractivity contribution in [2.24, 2.45) is 0 Å². The number of hydrogen-bond acceptors (Lipinski definition) is 4. The van der Waals surface area contributed by atoms with Crippen molar-refractivity contribution in [2.75, 3.05) is 0 Å². The average molecular weight is 1480 g/mol. The number of halogens is 1. The summed E-state index contributed by atoms with van der Waals surface area (Å²) in [5, 5.41) is 17.2. The molecule has 0 spiro atoms. The zero-order valence-electron chi connectivity index (χ0n) is 62.6. The normalized spacial score (nSPS) is 15.0. The fraction of sp³-hybridized carbons (Fsp3) is 0.118. The molecular formula is C102H76BBrN4O2. The summed E-state index contributed by atoms with van der Waals surface area (Å²) in [7, 11) is -0.411. The van der Waals surface area contributed by atoms with Crippen molar-refractivity contribution in [1.29, 1.82) is 0 Å². The summed E-state index contributed by atoms with van der Waals surface area (Å²) in [6.45, 7) is 17.7. The number of fused-ring (bicyclic) bond motifs is 28. The zero-order valence-corrected chi connectivity index (χ0v) is 64.2. The lowest BCUT2D eigenvalue weighted by molar-refractivity contribution is 0.00578.